The number of hydrogen-bond donors (Lipinski definition) is 2. The molecule has 0 aliphatic carbocycles. The summed E-state index contributed by atoms with van der Waals surface area (Å²) in [5, 5.41) is 3.28. The van der Waals surface area contributed by atoms with E-state index in [-0.39, 0.29) is 12.3 Å². The molecule has 98 valence electrons. The first kappa shape index (κ1) is 11.6. The summed E-state index contributed by atoms with van der Waals surface area (Å²) in [5.74, 6) is 1.64. The zero-order valence-corrected chi connectivity index (χ0v) is 10.6. The lowest BCUT2D eigenvalue weighted by molar-refractivity contribution is 0.104. The molecule has 0 saturated carbocycles. The lowest BCUT2D eigenvalue weighted by Crippen LogP contribution is -2.56. The van der Waals surface area contributed by atoms with Gasteiger partial charge in [0.25, 0.3) is 0 Å². The van der Waals surface area contributed by atoms with Crippen LogP contribution in [0.3, 0.4) is 0 Å². The van der Waals surface area contributed by atoms with Gasteiger partial charge in [-0.2, -0.15) is 0 Å². The van der Waals surface area contributed by atoms with E-state index in [0.29, 0.717) is 6.61 Å². The van der Waals surface area contributed by atoms with E-state index in [1.165, 1.54) is 0 Å². The minimum Gasteiger partial charge on any atom is -0.486 e. The summed E-state index contributed by atoms with van der Waals surface area (Å²) in [7, 11) is 0. The van der Waals surface area contributed by atoms with Gasteiger partial charge in [-0.1, -0.05) is 6.07 Å². The Kier molecular flexibility index (Phi) is 3.01. The van der Waals surface area contributed by atoms with Crippen molar-refractivity contribution in [3.8, 4) is 11.5 Å². The van der Waals surface area contributed by atoms with E-state index < -0.39 is 0 Å². The maximum absolute atomic E-state index is 6.15. The van der Waals surface area contributed by atoms with E-state index in [2.05, 4.69) is 10.2 Å². The SMILES string of the molecule is CC1COc2cccc(N3CCNCC3N)c2O1. The van der Waals surface area contributed by atoms with Gasteiger partial charge in [-0.05, 0) is 19.1 Å². The standard InChI is InChI=1S/C13H19N3O2/c1-9-8-17-11-4-2-3-10(13(11)18-9)16-6-5-15-7-12(16)14/h2-4,9,12,15H,5-8,14H2,1H3. The molecule has 2 aliphatic heterocycles. The van der Waals surface area contributed by atoms with Crippen LogP contribution in [0.5, 0.6) is 11.5 Å². The number of anilines is 1. The van der Waals surface area contributed by atoms with E-state index in [1.807, 2.05) is 25.1 Å². The molecule has 0 bridgehead atoms. The topological polar surface area (TPSA) is 59.8 Å². The van der Waals surface area contributed by atoms with E-state index in [9.17, 15) is 0 Å². The summed E-state index contributed by atoms with van der Waals surface area (Å²) >= 11 is 0. The number of hydrogen-bond acceptors (Lipinski definition) is 5. The van der Waals surface area contributed by atoms with Crippen LogP contribution in [-0.4, -0.2) is 38.5 Å². The van der Waals surface area contributed by atoms with Crippen molar-refractivity contribution < 1.29 is 9.47 Å². The molecule has 0 spiro atoms. The molecule has 0 aromatic heterocycles. The average molecular weight is 249 g/mol. The van der Waals surface area contributed by atoms with Gasteiger partial charge in [-0.3, -0.25) is 0 Å². The third-order valence-corrected chi connectivity index (χ3v) is 3.34. The first-order valence-electron chi connectivity index (χ1n) is 6.41. The van der Waals surface area contributed by atoms with Crippen molar-refractivity contribution in [1.82, 2.24) is 5.32 Å². The molecule has 3 N–H and O–H groups in total. The van der Waals surface area contributed by atoms with Crippen molar-refractivity contribution in [2.75, 3.05) is 31.1 Å². The fourth-order valence-corrected chi connectivity index (χ4v) is 2.43. The third-order valence-electron chi connectivity index (χ3n) is 3.34. The summed E-state index contributed by atoms with van der Waals surface area (Å²) < 4.78 is 11.6. The minimum atomic E-state index is -0.0221. The number of nitrogens with one attached hydrogen (secondary N) is 1. The van der Waals surface area contributed by atoms with Crippen molar-refractivity contribution >= 4 is 5.69 Å². The second-order valence-corrected chi connectivity index (χ2v) is 4.81. The summed E-state index contributed by atoms with van der Waals surface area (Å²) in [6.07, 6.45) is 0.0591. The van der Waals surface area contributed by atoms with E-state index >= 15 is 0 Å². The Morgan fingerprint density at radius 1 is 1.44 bits per heavy atom. The van der Waals surface area contributed by atoms with Crippen LogP contribution in [0.1, 0.15) is 6.92 Å². The van der Waals surface area contributed by atoms with Crippen molar-refractivity contribution in [3.63, 3.8) is 0 Å². The number of para-hydroxylation sites is 1. The molecule has 2 aliphatic rings. The van der Waals surface area contributed by atoms with E-state index in [4.69, 9.17) is 15.2 Å². The summed E-state index contributed by atoms with van der Waals surface area (Å²) in [6.45, 7) is 5.23. The minimum absolute atomic E-state index is 0.0221. The number of piperazine rings is 1. The lowest BCUT2D eigenvalue weighted by atomic mass is 10.2. The summed E-state index contributed by atoms with van der Waals surface area (Å²) in [5.41, 5.74) is 7.18. The van der Waals surface area contributed by atoms with Crippen LogP contribution >= 0.6 is 0 Å². The summed E-state index contributed by atoms with van der Waals surface area (Å²) in [4.78, 5) is 2.18. The summed E-state index contributed by atoms with van der Waals surface area (Å²) in [6, 6.07) is 5.98. The predicted molar refractivity (Wildman–Crippen MR) is 70.2 cm³/mol. The highest BCUT2D eigenvalue weighted by molar-refractivity contribution is 5.66. The molecule has 2 heterocycles. The van der Waals surface area contributed by atoms with Crippen LogP contribution in [-0.2, 0) is 0 Å². The second kappa shape index (κ2) is 4.66. The van der Waals surface area contributed by atoms with Crippen molar-refractivity contribution in [2.45, 2.75) is 19.2 Å². The quantitative estimate of drug-likeness (QED) is 0.761. The van der Waals surface area contributed by atoms with E-state index in [0.717, 1.165) is 36.8 Å². The van der Waals surface area contributed by atoms with Crippen molar-refractivity contribution in [2.24, 2.45) is 5.73 Å². The molecule has 5 nitrogen and oxygen atoms in total. The van der Waals surface area contributed by atoms with Gasteiger partial charge in [0.15, 0.2) is 11.5 Å². The Bertz CT molecular complexity index is 438. The number of fused-ring (bicyclic) bond motifs is 1. The Labute approximate surface area is 107 Å². The molecule has 3 rings (SSSR count). The first-order chi connectivity index (χ1) is 8.75. The van der Waals surface area contributed by atoms with Gasteiger partial charge in [0.05, 0.1) is 11.9 Å². The molecule has 1 aromatic carbocycles. The normalized spacial score (nSPS) is 27.1. The van der Waals surface area contributed by atoms with Gasteiger partial charge < -0.3 is 25.4 Å². The zero-order valence-electron chi connectivity index (χ0n) is 10.6. The van der Waals surface area contributed by atoms with Gasteiger partial charge in [-0.15, -0.1) is 0 Å². The van der Waals surface area contributed by atoms with Gasteiger partial charge >= 0.3 is 0 Å². The van der Waals surface area contributed by atoms with Crippen molar-refractivity contribution in [3.05, 3.63) is 18.2 Å². The van der Waals surface area contributed by atoms with Crippen LogP contribution in [0.25, 0.3) is 0 Å². The van der Waals surface area contributed by atoms with Gasteiger partial charge in [0.2, 0.25) is 0 Å². The Morgan fingerprint density at radius 2 is 2.33 bits per heavy atom. The maximum Gasteiger partial charge on any atom is 0.185 e. The van der Waals surface area contributed by atoms with Gasteiger partial charge in [-0.25, -0.2) is 0 Å². The smallest absolute Gasteiger partial charge is 0.185 e. The number of nitrogens with zero attached hydrogens (tertiary/aromatic N) is 1. The molecular weight excluding hydrogens is 230 g/mol. The van der Waals surface area contributed by atoms with Crippen LogP contribution in [0.2, 0.25) is 0 Å². The molecule has 5 heteroatoms. The molecule has 1 aromatic rings. The van der Waals surface area contributed by atoms with Crippen LogP contribution < -0.4 is 25.4 Å². The second-order valence-electron chi connectivity index (χ2n) is 4.81. The van der Waals surface area contributed by atoms with Crippen LogP contribution in [0.15, 0.2) is 18.2 Å². The van der Waals surface area contributed by atoms with Crippen molar-refractivity contribution in [1.29, 1.82) is 0 Å². The zero-order chi connectivity index (χ0) is 12.5. The first-order valence-corrected chi connectivity index (χ1v) is 6.41. The average Bonchev–Trinajstić information content (AvgIpc) is 2.39. The highest BCUT2D eigenvalue weighted by atomic mass is 16.6. The molecule has 0 amide bonds. The number of ether oxygens (including phenoxy) is 2. The monoisotopic (exact) mass is 249 g/mol. The molecule has 2 unspecified atom stereocenters. The van der Waals surface area contributed by atoms with E-state index in [1.54, 1.807) is 0 Å². The Hall–Kier alpha value is -1.46. The number of rotatable bonds is 1. The molecule has 18 heavy (non-hydrogen) atoms. The van der Waals surface area contributed by atoms with Crippen LogP contribution in [0.4, 0.5) is 5.69 Å². The predicted octanol–water partition coefficient (Wildman–Crippen LogP) is 0.541. The third kappa shape index (κ3) is 2.00. The highest BCUT2D eigenvalue weighted by Crippen LogP contribution is 2.41. The fraction of sp³-hybridized carbons (Fsp3) is 0.538. The van der Waals surface area contributed by atoms with Gasteiger partial charge in [0, 0.05) is 19.6 Å². The highest BCUT2D eigenvalue weighted by Gasteiger charge is 2.26. The molecule has 2 atom stereocenters. The van der Waals surface area contributed by atoms with Gasteiger partial charge in [0.1, 0.15) is 12.7 Å². The maximum atomic E-state index is 6.15. The molecule has 1 fully saturated rings. The molecule has 1 saturated heterocycles. The Morgan fingerprint density at radius 3 is 3.17 bits per heavy atom. The number of nitrogens with two attached hydrogens (primary N) is 1. The molecular formula is C13H19N3O2. The number of benzene rings is 1. The molecule has 0 radical (unpaired) electrons. The van der Waals surface area contributed by atoms with Crippen LogP contribution in [0, 0.1) is 0 Å². The Balaban J connectivity index is 1.96. The fourth-order valence-electron chi connectivity index (χ4n) is 2.43. The largest absolute Gasteiger partial charge is 0.486 e. The lowest BCUT2D eigenvalue weighted by Gasteiger charge is -2.37.